The molecule has 3 heteroatoms. The Morgan fingerprint density at radius 2 is 2.25 bits per heavy atom. The van der Waals surface area contributed by atoms with E-state index in [2.05, 4.69) is 40.0 Å². The highest BCUT2D eigenvalue weighted by atomic mass is 79.9. The van der Waals surface area contributed by atoms with Gasteiger partial charge in [-0.15, -0.1) is 0 Å². The van der Waals surface area contributed by atoms with E-state index in [1.807, 2.05) is 0 Å². The maximum Gasteiger partial charge on any atom is 0.198 e. The van der Waals surface area contributed by atoms with Crippen LogP contribution in [0.2, 0.25) is 0 Å². The summed E-state index contributed by atoms with van der Waals surface area (Å²) in [6.07, 6.45) is 4.71. The molecule has 0 spiro atoms. The van der Waals surface area contributed by atoms with Gasteiger partial charge in [0, 0.05) is 5.92 Å². The molecule has 0 atom stereocenters. The molecule has 0 aliphatic heterocycles. The highest BCUT2D eigenvalue weighted by molar-refractivity contribution is 9.10. The van der Waals surface area contributed by atoms with E-state index < -0.39 is 0 Å². The van der Waals surface area contributed by atoms with Gasteiger partial charge in [-0.3, -0.25) is 0 Å². The number of aromatic nitrogens is 1. The second-order valence-corrected chi connectivity index (χ2v) is 5.36. The third kappa shape index (κ3) is 1.77. The summed E-state index contributed by atoms with van der Waals surface area (Å²) in [5, 5.41) is 0. The molecule has 1 aromatic carbocycles. The van der Waals surface area contributed by atoms with Crippen molar-refractivity contribution in [2.75, 3.05) is 0 Å². The Balaban J connectivity index is 2.10. The molecule has 1 aliphatic rings. The molecule has 0 amide bonds. The van der Waals surface area contributed by atoms with Gasteiger partial charge in [-0.25, -0.2) is 4.98 Å². The first-order valence-electron chi connectivity index (χ1n) is 5.86. The second kappa shape index (κ2) is 3.88. The molecule has 16 heavy (non-hydrogen) atoms. The van der Waals surface area contributed by atoms with Gasteiger partial charge >= 0.3 is 0 Å². The number of fused-ring (bicyclic) bond motifs is 1. The Morgan fingerprint density at radius 1 is 1.44 bits per heavy atom. The van der Waals surface area contributed by atoms with Crippen LogP contribution in [0.4, 0.5) is 0 Å². The molecule has 84 valence electrons. The maximum absolute atomic E-state index is 5.80. The number of aryl methyl sites for hydroxylation is 1. The van der Waals surface area contributed by atoms with E-state index in [1.165, 1.54) is 18.4 Å². The molecule has 0 saturated heterocycles. The summed E-state index contributed by atoms with van der Waals surface area (Å²) in [6, 6.07) is 4.30. The molecular formula is C13H14BrNO. The van der Waals surface area contributed by atoms with Gasteiger partial charge in [-0.05, 0) is 52.9 Å². The van der Waals surface area contributed by atoms with Crippen LogP contribution in [-0.2, 0) is 6.42 Å². The van der Waals surface area contributed by atoms with Gasteiger partial charge in [0.15, 0.2) is 11.5 Å². The van der Waals surface area contributed by atoms with Crippen LogP contribution in [0.5, 0.6) is 0 Å². The summed E-state index contributed by atoms with van der Waals surface area (Å²) >= 11 is 3.57. The molecular weight excluding hydrogens is 266 g/mol. The second-order valence-electron chi connectivity index (χ2n) is 4.50. The molecule has 2 nitrogen and oxygen atoms in total. The largest absolute Gasteiger partial charge is 0.439 e. The Kier molecular flexibility index (Phi) is 2.51. The predicted molar refractivity (Wildman–Crippen MR) is 67.7 cm³/mol. The summed E-state index contributed by atoms with van der Waals surface area (Å²) in [7, 11) is 0. The van der Waals surface area contributed by atoms with Crippen LogP contribution >= 0.6 is 15.9 Å². The quantitative estimate of drug-likeness (QED) is 0.831. The summed E-state index contributed by atoms with van der Waals surface area (Å²) in [6.45, 7) is 2.19. The highest BCUT2D eigenvalue weighted by Gasteiger charge is 2.29. The predicted octanol–water partition coefficient (Wildman–Crippen LogP) is 4.42. The molecule has 0 bridgehead atoms. The summed E-state index contributed by atoms with van der Waals surface area (Å²) < 4.78 is 6.83. The van der Waals surface area contributed by atoms with Crippen molar-refractivity contribution in [2.45, 2.75) is 38.5 Å². The van der Waals surface area contributed by atoms with Crippen LogP contribution in [0.15, 0.2) is 21.0 Å². The molecule has 1 aromatic heterocycles. The third-order valence-electron chi connectivity index (χ3n) is 2.99. The standard InChI is InChI=1S/C13H14BrNO/c1-2-3-8-6-10(14)12-11(7-8)15-13(16-12)9-4-5-9/h6-7,9H,2-5H2,1H3. The maximum atomic E-state index is 5.80. The van der Waals surface area contributed by atoms with E-state index in [0.717, 1.165) is 34.3 Å². The van der Waals surface area contributed by atoms with Crippen LogP contribution in [0.3, 0.4) is 0 Å². The van der Waals surface area contributed by atoms with Gasteiger partial charge < -0.3 is 4.42 Å². The fourth-order valence-corrected chi connectivity index (χ4v) is 2.58. The number of oxazole rings is 1. The van der Waals surface area contributed by atoms with Crippen molar-refractivity contribution < 1.29 is 4.42 Å². The minimum absolute atomic E-state index is 0.578. The monoisotopic (exact) mass is 279 g/mol. The van der Waals surface area contributed by atoms with E-state index >= 15 is 0 Å². The molecule has 1 saturated carbocycles. The molecule has 1 heterocycles. The zero-order chi connectivity index (χ0) is 11.1. The van der Waals surface area contributed by atoms with Gasteiger partial charge in [-0.2, -0.15) is 0 Å². The first-order valence-corrected chi connectivity index (χ1v) is 6.66. The van der Waals surface area contributed by atoms with Crippen molar-refractivity contribution in [3.8, 4) is 0 Å². The van der Waals surface area contributed by atoms with Gasteiger partial charge in [0.05, 0.1) is 4.47 Å². The van der Waals surface area contributed by atoms with Crippen molar-refractivity contribution in [2.24, 2.45) is 0 Å². The first-order chi connectivity index (χ1) is 7.78. The third-order valence-corrected chi connectivity index (χ3v) is 3.58. The number of hydrogen-bond acceptors (Lipinski definition) is 2. The minimum Gasteiger partial charge on any atom is -0.439 e. The zero-order valence-corrected chi connectivity index (χ0v) is 10.9. The topological polar surface area (TPSA) is 26.0 Å². The number of benzene rings is 1. The molecule has 1 fully saturated rings. The molecule has 0 radical (unpaired) electrons. The molecule has 1 aliphatic carbocycles. The van der Waals surface area contributed by atoms with E-state index in [9.17, 15) is 0 Å². The van der Waals surface area contributed by atoms with Crippen molar-refractivity contribution >= 4 is 27.0 Å². The van der Waals surface area contributed by atoms with Crippen molar-refractivity contribution in [3.63, 3.8) is 0 Å². The van der Waals surface area contributed by atoms with Crippen molar-refractivity contribution in [3.05, 3.63) is 28.1 Å². The van der Waals surface area contributed by atoms with Crippen LogP contribution in [0.25, 0.3) is 11.1 Å². The Hall–Kier alpha value is -0.830. The number of halogens is 1. The Labute approximate surface area is 103 Å². The SMILES string of the molecule is CCCc1cc(Br)c2oc(C3CC3)nc2c1. The number of nitrogens with zero attached hydrogens (tertiary/aromatic N) is 1. The molecule has 0 unspecified atom stereocenters. The fourth-order valence-electron chi connectivity index (χ4n) is 2.00. The van der Waals surface area contributed by atoms with Crippen LogP contribution in [0.1, 0.15) is 43.6 Å². The van der Waals surface area contributed by atoms with Crippen molar-refractivity contribution in [1.29, 1.82) is 0 Å². The zero-order valence-electron chi connectivity index (χ0n) is 9.29. The van der Waals surface area contributed by atoms with Gasteiger partial charge in [0.25, 0.3) is 0 Å². The van der Waals surface area contributed by atoms with Gasteiger partial charge in [-0.1, -0.05) is 13.3 Å². The van der Waals surface area contributed by atoms with E-state index in [4.69, 9.17) is 4.42 Å². The lowest BCUT2D eigenvalue weighted by atomic mass is 10.1. The Morgan fingerprint density at radius 3 is 2.94 bits per heavy atom. The molecule has 2 aromatic rings. The first kappa shape index (κ1) is 10.3. The average molecular weight is 280 g/mol. The number of hydrogen-bond donors (Lipinski definition) is 0. The van der Waals surface area contributed by atoms with Crippen molar-refractivity contribution in [1.82, 2.24) is 4.98 Å². The molecule has 0 N–H and O–H groups in total. The van der Waals surface area contributed by atoms with Crippen LogP contribution in [-0.4, -0.2) is 4.98 Å². The summed E-state index contributed by atoms with van der Waals surface area (Å²) in [5.41, 5.74) is 3.24. The fraction of sp³-hybridized carbons (Fsp3) is 0.462. The van der Waals surface area contributed by atoms with Crippen LogP contribution in [0, 0.1) is 0 Å². The van der Waals surface area contributed by atoms with Gasteiger partial charge in [0.1, 0.15) is 5.52 Å². The van der Waals surface area contributed by atoms with E-state index in [0.29, 0.717) is 5.92 Å². The number of rotatable bonds is 3. The van der Waals surface area contributed by atoms with E-state index in [1.54, 1.807) is 0 Å². The summed E-state index contributed by atoms with van der Waals surface area (Å²) in [4.78, 5) is 4.58. The lowest BCUT2D eigenvalue weighted by molar-refractivity contribution is 0.532. The lowest BCUT2D eigenvalue weighted by Gasteiger charge is -1.99. The van der Waals surface area contributed by atoms with E-state index in [-0.39, 0.29) is 0 Å². The molecule has 3 rings (SSSR count). The van der Waals surface area contributed by atoms with Gasteiger partial charge in [0.2, 0.25) is 0 Å². The van der Waals surface area contributed by atoms with Crippen LogP contribution < -0.4 is 0 Å². The normalized spacial score (nSPS) is 15.9. The summed E-state index contributed by atoms with van der Waals surface area (Å²) in [5.74, 6) is 1.50. The average Bonchev–Trinajstić information content (AvgIpc) is 3.00. The Bertz CT molecular complexity index is 528. The smallest absolute Gasteiger partial charge is 0.198 e. The minimum atomic E-state index is 0.578. The lowest BCUT2D eigenvalue weighted by Crippen LogP contribution is -1.83. The highest BCUT2D eigenvalue weighted by Crippen LogP contribution is 2.41.